The average molecular weight is 301 g/mol. The van der Waals surface area contributed by atoms with Gasteiger partial charge in [0, 0.05) is 12.6 Å². The molecule has 1 aromatic carbocycles. The Bertz CT molecular complexity index is 709. The number of hydrogen-bond acceptors (Lipinski definition) is 4. The average Bonchev–Trinajstić information content (AvgIpc) is 2.80. The van der Waals surface area contributed by atoms with Crippen molar-refractivity contribution in [3.8, 4) is 11.5 Å². The van der Waals surface area contributed by atoms with Crippen LogP contribution in [0.3, 0.4) is 0 Å². The fraction of sp³-hybridized carbons (Fsp3) is 0.375. The van der Waals surface area contributed by atoms with Crippen LogP contribution in [0.5, 0.6) is 11.5 Å². The molecular formula is C16H19N3O3. The van der Waals surface area contributed by atoms with Crippen molar-refractivity contribution in [2.45, 2.75) is 26.4 Å². The van der Waals surface area contributed by atoms with E-state index in [4.69, 9.17) is 9.47 Å². The number of amides is 1. The molecule has 1 N–H and O–H groups in total. The maximum Gasteiger partial charge on any atom is 0.270 e. The molecule has 2 aromatic rings. The molecule has 1 aliphatic rings. The fourth-order valence-corrected chi connectivity index (χ4v) is 2.63. The quantitative estimate of drug-likeness (QED) is 0.942. The van der Waals surface area contributed by atoms with E-state index in [0.29, 0.717) is 17.3 Å². The second kappa shape index (κ2) is 5.71. The molecule has 3 rings (SSSR count). The van der Waals surface area contributed by atoms with Gasteiger partial charge in [-0.25, -0.2) is 0 Å². The number of aryl methyl sites for hydroxylation is 2. The van der Waals surface area contributed by atoms with Gasteiger partial charge in [0.05, 0.1) is 5.69 Å². The van der Waals surface area contributed by atoms with E-state index in [0.717, 1.165) is 17.7 Å². The van der Waals surface area contributed by atoms with E-state index in [2.05, 4.69) is 10.4 Å². The van der Waals surface area contributed by atoms with Crippen LogP contribution in [0.4, 0.5) is 5.82 Å². The van der Waals surface area contributed by atoms with Gasteiger partial charge in [-0.1, -0.05) is 19.1 Å². The van der Waals surface area contributed by atoms with Gasteiger partial charge in [-0.15, -0.1) is 0 Å². The minimum absolute atomic E-state index is 0.196. The normalized spacial score (nSPS) is 16.4. The lowest BCUT2D eigenvalue weighted by Gasteiger charge is -2.25. The van der Waals surface area contributed by atoms with Crippen LogP contribution >= 0.6 is 0 Å². The van der Waals surface area contributed by atoms with Gasteiger partial charge in [0.25, 0.3) is 5.91 Å². The summed E-state index contributed by atoms with van der Waals surface area (Å²) in [7, 11) is 1.81. The molecule has 1 unspecified atom stereocenters. The number of para-hydroxylation sites is 2. The third-order valence-corrected chi connectivity index (χ3v) is 3.74. The Morgan fingerprint density at radius 1 is 1.41 bits per heavy atom. The monoisotopic (exact) mass is 301 g/mol. The number of nitrogens with zero attached hydrogens (tertiary/aromatic N) is 2. The molecule has 0 saturated heterocycles. The van der Waals surface area contributed by atoms with Crippen molar-refractivity contribution < 1.29 is 14.3 Å². The molecule has 0 fully saturated rings. The number of benzene rings is 1. The maximum absolute atomic E-state index is 12.4. The molecule has 6 heteroatoms. The van der Waals surface area contributed by atoms with Gasteiger partial charge in [0.1, 0.15) is 12.4 Å². The standard InChI is InChI=1S/C16H19N3O3/c1-4-11-10(2)18-19(3)15(11)17-16(20)14-9-21-12-7-5-6-8-13(12)22-14/h5-8,14H,4,9H2,1-3H3,(H,17,20). The highest BCUT2D eigenvalue weighted by molar-refractivity contribution is 5.94. The molecule has 0 spiro atoms. The van der Waals surface area contributed by atoms with Crippen LogP contribution in [0.2, 0.25) is 0 Å². The van der Waals surface area contributed by atoms with Crippen molar-refractivity contribution >= 4 is 11.7 Å². The molecule has 0 aliphatic carbocycles. The Labute approximate surface area is 129 Å². The molecular weight excluding hydrogens is 282 g/mol. The first-order chi connectivity index (χ1) is 10.6. The SMILES string of the molecule is CCc1c(C)nn(C)c1NC(=O)C1COc2ccccc2O1. The Morgan fingerprint density at radius 2 is 2.14 bits per heavy atom. The largest absolute Gasteiger partial charge is 0.485 e. The van der Waals surface area contributed by atoms with E-state index in [1.165, 1.54) is 0 Å². The third kappa shape index (κ3) is 2.52. The van der Waals surface area contributed by atoms with E-state index in [-0.39, 0.29) is 12.5 Å². The van der Waals surface area contributed by atoms with Gasteiger partial charge < -0.3 is 14.8 Å². The molecule has 0 bridgehead atoms. The van der Waals surface area contributed by atoms with Crippen molar-refractivity contribution in [3.63, 3.8) is 0 Å². The summed E-state index contributed by atoms with van der Waals surface area (Å²) in [5, 5.41) is 7.25. The number of nitrogens with one attached hydrogen (secondary N) is 1. The number of carbonyl (C=O) groups is 1. The molecule has 6 nitrogen and oxygen atoms in total. The first-order valence-electron chi connectivity index (χ1n) is 7.32. The van der Waals surface area contributed by atoms with Crippen molar-refractivity contribution in [1.82, 2.24) is 9.78 Å². The van der Waals surface area contributed by atoms with Crippen LogP contribution in [-0.2, 0) is 18.3 Å². The summed E-state index contributed by atoms with van der Waals surface area (Å²) in [6.45, 7) is 4.17. The predicted molar refractivity (Wildman–Crippen MR) is 82.3 cm³/mol. The summed E-state index contributed by atoms with van der Waals surface area (Å²) in [5.74, 6) is 1.74. The van der Waals surface area contributed by atoms with Gasteiger partial charge >= 0.3 is 0 Å². The second-order valence-electron chi connectivity index (χ2n) is 5.24. The smallest absolute Gasteiger partial charge is 0.270 e. The Morgan fingerprint density at radius 3 is 2.86 bits per heavy atom. The van der Waals surface area contributed by atoms with Crippen molar-refractivity contribution in [2.75, 3.05) is 11.9 Å². The Balaban J connectivity index is 1.76. The molecule has 1 amide bonds. The van der Waals surface area contributed by atoms with Gasteiger partial charge in [-0.05, 0) is 25.5 Å². The van der Waals surface area contributed by atoms with E-state index < -0.39 is 6.10 Å². The Hall–Kier alpha value is -2.50. The molecule has 0 radical (unpaired) electrons. The molecule has 0 saturated carbocycles. The number of carbonyl (C=O) groups excluding carboxylic acids is 1. The van der Waals surface area contributed by atoms with Crippen molar-refractivity contribution in [1.29, 1.82) is 0 Å². The number of rotatable bonds is 3. The minimum atomic E-state index is -0.671. The molecule has 22 heavy (non-hydrogen) atoms. The summed E-state index contributed by atoms with van der Waals surface area (Å²) >= 11 is 0. The summed E-state index contributed by atoms with van der Waals surface area (Å²) in [6.07, 6.45) is 0.134. The first kappa shape index (κ1) is 14.4. The van der Waals surface area contributed by atoms with Crippen LogP contribution in [0.25, 0.3) is 0 Å². The lowest BCUT2D eigenvalue weighted by atomic mass is 10.2. The number of hydrogen-bond donors (Lipinski definition) is 1. The van der Waals surface area contributed by atoms with E-state index in [1.54, 1.807) is 10.7 Å². The van der Waals surface area contributed by atoms with E-state index in [1.807, 2.05) is 39.1 Å². The van der Waals surface area contributed by atoms with Crippen LogP contribution < -0.4 is 14.8 Å². The zero-order valence-electron chi connectivity index (χ0n) is 12.9. The van der Waals surface area contributed by atoms with Gasteiger partial charge in [0.15, 0.2) is 11.5 Å². The zero-order valence-corrected chi connectivity index (χ0v) is 12.9. The molecule has 2 heterocycles. The summed E-state index contributed by atoms with van der Waals surface area (Å²) in [4.78, 5) is 12.4. The Kier molecular flexibility index (Phi) is 3.75. The van der Waals surface area contributed by atoms with Crippen LogP contribution in [-0.4, -0.2) is 28.4 Å². The highest BCUT2D eigenvalue weighted by Crippen LogP contribution is 2.31. The highest BCUT2D eigenvalue weighted by Gasteiger charge is 2.28. The number of fused-ring (bicyclic) bond motifs is 1. The fourth-order valence-electron chi connectivity index (χ4n) is 2.63. The maximum atomic E-state index is 12.4. The summed E-state index contributed by atoms with van der Waals surface area (Å²) in [6, 6.07) is 7.33. The van der Waals surface area contributed by atoms with E-state index >= 15 is 0 Å². The number of aromatic nitrogens is 2. The van der Waals surface area contributed by atoms with Gasteiger partial charge in [-0.3, -0.25) is 9.48 Å². The van der Waals surface area contributed by atoms with Gasteiger partial charge in [-0.2, -0.15) is 5.10 Å². The second-order valence-corrected chi connectivity index (χ2v) is 5.24. The van der Waals surface area contributed by atoms with Crippen LogP contribution in [0.1, 0.15) is 18.2 Å². The molecule has 1 aliphatic heterocycles. The minimum Gasteiger partial charge on any atom is -0.485 e. The lowest BCUT2D eigenvalue weighted by molar-refractivity contribution is -0.125. The van der Waals surface area contributed by atoms with Gasteiger partial charge in [0.2, 0.25) is 6.10 Å². The molecule has 116 valence electrons. The zero-order chi connectivity index (χ0) is 15.7. The highest BCUT2D eigenvalue weighted by atomic mass is 16.6. The van der Waals surface area contributed by atoms with Crippen LogP contribution in [0.15, 0.2) is 24.3 Å². The number of ether oxygens (including phenoxy) is 2. The molecule has 1 aromatic heterocycles. The third-order valence-electron chi connectivity index (χ3n) is 3.74. The molecule has 1 atom stereocenters. The first-order valence-corrected chi connectivity index (χ1v) is 7.32. The van der Waals surface area contributed by atoms with Crippen LogP contribution in [0, 0.1) is 6.92 Å². The lowest BCUT2D eigenvalue weighted by Crippen LogP contribution is -2.40. The summed E-state index contributed by atoms with van der Waals surface area (Å²) in [5.41, 5.74) is 1.96. The van der Waals surface area contributed by atoms with E-state index in [9.17, 15) is 4.79 Å². The topological polar surface area (TPSA) is 65.4 Å². The summed E-state index contributed by atoms with van der Waals surface area (Å²) < 4.78 is 13.0. The predicted octanol–water partition coefficient (Wildman–Crippen LogP) is 2.07. The number of anilines is 1. The van der Waals surface area contributed by atoms with Crippen molar-refractivity contribution in [2.24, 2.45) is 7.05 Å². The van der Waals surface area contributed by atoms with Crippen molar-refractivity contribution in [3.05, 3.63) is 35.5 Å².